The van der Waals surface area contributed by atoms with Gasteiger partial charge < -0.3 is 0 Å². The highest BCUT2D eigenvalue weighted by Gasteiger charge is 2.15. The molecule has 0 fully saturated rings. The first-order valence-corrected chi connectivity index (χ1v) is 4.60. The standard InChI is InChI=1S/C11H10N2O2/c1-6(14)8-4-3-5-9-10(8)11(7(2)15)13-12-9/h3-5H,1-2H3,(H,12,13). The molecule has 0 saturated carbocycles. The predicted molar refractivity (Wildman–Crippen MR) is 56.1 cm³/mol. The molecule has 0 radical (unpaired) electrons. The first-order valence-electron chi connectivity index (χ1n) is 4.60. The van der Waals surface area contributed by atoms with Crippen LogP contribution in [0.25, 0.3) is 10.9 Å². The molecule has 1 N–H and O–H groups in total. The van der Waals surface area contributed by atoms with Gasteiger partial charge in [-0.15, -0.1) is 0 Å². The Morgan fingerprint density at radius 3 is 2.53 bits per heavy atom. The molecule has 0 unspecified atom stereocenters. The summed E-state index contributed by atoms with van der Waals surface area (Å²) in [5.41, 5.74) is 1.58. The third-order valence-electron chi connectivity index (χ3n) is 2.30. The Hall–Kier alpha value is -1.97. The van der Waals surface area contributed by atoms with Crippen LogP contribution in [0.3, 0.4) is 0 Å². The summed E-state index contributed by atoms with van der Waals surface area (Å²) in [5, 5.41) is 7.28. The smallest absolute Gasteiger partial charge is 0.180 e. The molecule has 0 amide bonds. The summed E-state index contributed by atoms with van der Waals surface area (Å²) in [5.74, 6) is -0.209. The Morgan fingerprint density at radius 1 is 1.20 bits per heavy atom. The summed E-state index contributed by atoms with van der Waals surface area (Å²) < 4.78 is 0. The summed E-state index contributed by atoms with van der Waals surface area (Å²) in [6.45, 7) is 2.91. The van der Waals surface area contributed by atoms with Crippen LogP contribution in [0.15, 0.2) is 18.2 Å². The molecule has 1 aromatic carbocycles. The van der Waals surface area contributed by atoms with Crippen LogP contribution >= 0.6 is 0 Å². The highest BCUT2D eigenvalue weighted by Crippen LogP contribution is 2.21. The van der Waals surface area contributed by atoms with Crippen LogP contribution in [0, 0.1) is 0 Å². The Kier molecular flexibility index (Phi) is 2.11. The third kappa shape index (κ3) is 1.44. The molecule has 0 spiro atoms. The number of nitrogens with one attached hydrogen (secondary N) is 1. The van der Waals surface area contributed by atoms with Crippen molar-refractivity contribution in [2.75, 3.05) is 0 Å². The number of hydrogen-bond donors (Lipinski definition) is 1. The molecule has 1 heterocycles. The fraction of sp³-hybridized carbons (Fsp3) is 0.182. The zero-order valence-electron chi connectivity index (χ0n) is 8.50. The van der Waals surface area contributed by atoms with Crippen molar-refractivity contribution in [1.29, 1.82) is 0 Å². The zero-order chi connectivity index (χ0) is 11.0. The second-order valence-electron chi connectivity index (χ2n) is 3.41. The zero-order valence-corrected chi connectivity index (χ0v) is 8.50. The van der Waals surface area contributed by atoms with E-state index in [0.717, 1.165) is 0 Å². The monoisotopic (exact) mass is 202 g/mol. The lowest BCUT2D eigenvalue weighted by molar-refractivity contribution is 0.101. The van der Waals surface area contributed by atoms with E-state index >= 15 is 0 Å². The van der Waals surface area contributed by atoms with Gasteiger partial charge in [0.25, 0.3) is 0 Å². The second-order valence-corrected chi connectivity index (χ2v) is 3.41. The molecular weight excluding hydrogens is 192 g/mol. The average molecular weight is 202 g/mol. The van der Waals surface area contributed by atoms with Crippen molar-refractivity contribution in [3.63, 3.8) is 0 Å². The fourth-order valence-corrected chi connectivity index (χ4v) is 1.62. The van der Waals surface area contributed by atoms with Gasteiger partial charge in [-0.05, 0) is 13.0 Å². The molecule has 76 valence electrons. The number of carbonyl (C=O) groups is 2. The number of aromatic nitrogens is 2. The first-order chi connectivity index (χ1) is 7.11. The molecule has 0 saturated heterocycles. The average Bonchev–Trinajstić information content (AvgIpc) is 2.60. The number of benzene rings is 1. The molecule has 0 bridgehead atoms. The molecule has 4 nitrogen and oxygen atoms in total. The molecule has 0 atom stereocenters. The van der Waals surface area contributed by atoms with E-state index in [9.17, 15) is 9.59 Å². The molecule has 2 aromatic rings. The summed E-state index contributed by atoms with van der Waals surface area (Å²) in [7, 11) is 0. The number of carbonyl (C=O) groups excluding carboxylic acids is 2. The maximum atomic E-state index is 11.4. The van der Waals surface area contributed by atoms with Crippen molar-refractivity contribution >= 4 is 22.5 Å². The SMILES string of the molecule is CC(=O)c1cccc2[nH]nc(C(C)=O)c12. The van der Waals surface area contributed by atoms with Crippen molar-refractivity contribution < 1.29 is 9.59 Å². The Bertz CT molecular complexity index is 555. The van der Waals surface area contributed by atoms with Crippen LogP contribution in [0.2, 0.25) is 0 Å². The van der Waals surface area contributed by atoms with Gasteiger partial charge in [-0.1, -0.05) is 12.1 Å². The van der Waals surface area contributed by atoms with Crippen LogP contribution in [0.1, 0.15) is 34.7 Å². The maximum absolute atomic E-state index is 11.4. The molecule has 0 aliphatic heterocycles. The molecule has 0 aliphatic carbocycles. The van der Waals surface area contributed by atoms with Crippen LogP contribution in [0.5, 0.6) is 0 Å². The number of aromatic amines is 1. The molecule has 0 aliphatic rings. The number of H-pyrrole nitrogens is 1. The second kappa shape index (κ2) is 3.31. The molecule has 4 heteroatoms. The summed E-state index contributed by atoms with van der Waals surface area (Å²) in [6, 6.07) is 5.26. The molecule has 2 rings (SSSR count). The number of rotatable bonds is 2. The lowest BCUT2D eigenvalue weighted by Crippen LogP contribution is -1.98. The third-order valence-corrected chi connectivity index (χ3v) is 2.30. The van der Waals surface area contributed by atoms with Gasteiger partial charge in [0.05, 0.1) is 5.52 Å². The van der Waals surface area contributed by atoms with Crippen LogP contribution in [0.4, 0.5) is 0 Å². The lowest BCUT2D eigenvalue weighted by Gasteiger charge is -1.98. The number of hydrogen-bond acceptors (Lipinski definition) is 3. The van der Waals surface area contributed by atoms with Crippen LogP contribution < -0.4 is 0 Å². The number of fused-ring (bicyclic) bond motifs is 1. The number of Topliss-reactive ketones (excluding diaryl/α,β-unsaturated/α-hetero) is 2. The Balaban J connectivity index is 2.86. The van der Waals surface area contributed by atoms with Crippen molar-refractivity contribution in [3.05, 3.63) is 29.5 Å². The van der Waals surface area contributed by atoms with Crippen LogP contribution in [-0.2, 0) is 0 Å². The van der Waals surface area contributed by atoms with Crippen LogP contribution in [-0.4, -0.2) is 21.8 Å². The minimum atomic E-state index is -0.144. The summed E-state index contributed by atoms with van der Waals surface area (Å²) >= 11 is 0. The van der Waals surface area contributed by atoms with Gasteiger partial charge in [-0.2, -0.15) is 5.10 Å². The van der Waals surface area contributed by atoms with Crippen molar-refractivity contribution in [2.45, 2.75) is 13.8 Å². The van der Waals surface area contributed by atoms with E-state index in [2.05, 4.69) is 10.2 Å². The Morgan fingerprint density at radius 2 is 1.93 bits per heavy atom. The van der Waals surface area contributed by atoms with Gasteiger partial charge in [-0.25, -0.2) is 0 Å². The fourth-order valence-electron chi connectivity index (χ4n) is 1.62. The number of ketones is 2. The Labute approximate surface area is 86.3 Å². The normalized spacial score (nSPS) is 10.5. The largest absolute Gasteiger partial charge is 0.294 e. The molecular formula is C11H10N2O2. The van der Waals surface area contributed by atoms with E-state index in [4.69, 9.17) is 0 Å². The van der Waals surface area contributed by atoms with E-state index in [0.29, 0.717) is 22.2 Å². The highest BCUT2D eigenvalue weighted by atomic mass is 16.1. The van der Waals surface area contributed by atoms with E-state index < -0.39 is 0 Å². The lowest BCUT2D eigenvalue weighted by atomic mass is 10.0. The first kappa shape index (κ1) is 9.58. The van der Waals surface area contributed by atoms with E-state index in [1.165, 1.54) is 13.8 Å². The van der Waals surface area contributed by atoms with Crippen molar-refractivity contribution in [1.82, 2.24) is 10.2 Å². The van der Waals surface area contributed by atoms with Gasteiger partial charge in [0.1, 0.15) is 5.69 Å². The van der Waals surface area contributed by atoms with Gasteiger partial charge in [0.2, 0.25) is 0 Å². The van der Waals surface area contributed by atoms with Gasteiger partial charge in [0, 0.05) is 17.9 Å². The van der Waals surface area contributed by atoms with Gasteiger partial charge >= 0.3 is 0 Å². The number of nitrogens with zero attached hydrogens (tertiary/aromatic N) is 1. The van der Waals surface area contributed by atoms with Crippen molar-refractivity contribution in [2.24, 2.45) is 0 Å². The molecule has 15 heavy (non-hydrogen) atoms. The van der Waals surface area contributed by atoms with E-state index in [1.807, 2.05) is 0 Å². The van der Waals surface area contributed by atoms with Gasteiger partial charge in [-0.3, -0.25) is 14.7 Å². The summed E-state index contributed by atoms with van der Waals surface area (Å²) in [6.07, 6.45) is 0. The van der Waals surface area contributed by atoms with Gasteiger partial charge in [0.15, 0.2) is 11.6 Å². The van der Waals surface area contributed by atoms with E-state index in [-0.39, 0.29) is 11.6 Å². The maximum Gasteiger partial charge on any atom is 0.180 e. The minimum Gasteiger partial charge on any atom is -0.294 e. The predicted octanol–water partition coefficient (Wildman–Crippen LogP) is 1.97. The summed E-state index contributed by atoms with van der Waals surface area (Å²) in [4.78, 5) is 22.7. The topological polar surface area (TPSA) is 62.8 Å². The van der Waals surface area contributed by atoms with E-state index in [1.54, 1.807) is 18.2 Å². The quantitative estimate of drug-likeness (QED) is 0.757. The molecule has 1 aromatic heterocycles. The minimum absolute atomic E-state index is 0.0653. The van der Waals surface area contributed by atoms with Crippen molar-refractivity contribution in [3.8, 4) is 0 Å². The highest BCUT2D eigenvalue weighted by molar-refractivity contribution is 6.14.